The molecule has 0 radical (unpaired) electrons. The van der Waals surface area contributed by atoms with Crippen molar-refractivity contribution in [3.63, 3.8) is 0 Å². The summed E-state index contributed by atoms with van der Waals surface area (Å²) in [6.45, 7) is 0.0456. The summed E-state index contributed by atoms with van der Waals surface area (Å²) in [5, 5.41) is 19.6. The molecule has 0 spiro atoms. The minimum Gasteiger partial charge on any atom is -0.309 e. The van der Waals surface area contributed by atoms with Crippen LogP contribution in [-0.4, -0.2) is 51.7 Å². The summed E-state index contributed by atoms with van der Waals surface area (Å²) in [7, 11) is 0. The SMILES string of the molecule is O=C(CCCSc1nonc1C(=Nc1ccc(F)c(C(F)F)c1)NO)C1(F)CNC1. The van der Waals surface area contributed by atoms with Crippen molar-refractivity contribution in [1.29, 1.82) is 0 Å². The number of Topliss-reactive ketones (excluding diaryl/α,β-unsaturated/α-hetero) is 1. The van der Waals surface area contributed by atoms with E-state index in [0.717, 1.165) is 30.0 Å². The quantitative estimate of drug-likeness (QED) is 0.134. The molecule has 1 aromatic heterocycles. The van der Waals surface area contributed by atoms with Crippen LogP contribution in [0.2, 0.25) is 0 Å². The van der Waals surface area contributed by atoms with Gasteiger partial charge in [-0.05, 0) is 34.9 Å². The van der Waals surface area contributed by atoms with Crippen LogP contribution in [0.1, 0.15) is 30.5 Å². The van der Waals surface area contributed by atoms with E-state index in [1.165, 1.54) is 0 Å². The van der Waals surface area contributed by atoms with Crippen molar-refractivity contribution in [2.24, 2.45) is 4.99 Å². The minimum atomic E-state index is -3.03. The average molecular weight is 447 g/mol. The van der Waals surface area contributed by atoms with Crippen LogP contribution in [0.5, 0.6) is 0 Å². The van der Waals surface area contributed by atoms with Crippen LogP contribution in [0.4, 0.5) is 23.2 Å². The molecule has 8 nitrogen and oxygen atoms in total. The number of nitrogens with one attached hydrogen (secondary N) is 2. The molecule has 0 saturated carbocycles. The number of ketones is 1. The molecular formula is C17H17F4N5O3S. The van der Waals surface area contributed by atoms with Crippen LogP contribution in [-0.2, 0) is 4.79 Å². The zero-order valence-electron chi connectivity index (χ0n) is 15.4. The Morgan fingerprint density at radius 3 is 2.80 bits per heavy atom. The molecular weight excluding hydrogens is 430 g/mol. The fourth-order valence-electron chi connectivity index (χ4n) is 2.62. The van der Waals surface area contributed by atoms with E-state index in [1.54, 1.807) is 5.48 Å². The van der Waals surface area contributed by atoms with Crippen molar-refractivity contribution in [3.8, 4) is 0 Å². The lowest BCUT2D eigenvalue weighted by Gasteiger charge is -2.33. The summed E-state index contributed by atoms with van der Waals surface area (Å²) in [4.78, 5) is 15.8. The molecule has 30 heavy (non-hydrogen) atoms. The van der Waals surface area contributed by atoms with Crippen LogP contribution in [0, 0.1) is 5.82 Å². The number of aromatic nitrogens is 2. The van der Waals surface area contributed by atoms with Gasteiger partial charge in [0.05, 0.1) is 11.3 Å². The van der Waals surface area contributed by atoms with Crippen molar-refractivity contribution in [1.82, 2.24) is 21.1 Å². The Morgan fingerprint density at radius 2 is 2.17 bits per heavy atom. The molecule has 13 heteroatoms. The number of hydrogen-bond acceptors (Lipinski definition) is 8. The van der Waals surface area contributed by atoms with Crippen LogP contribution in [0.15, 0.2) is 32.8 Å². The van der Waals surface area contributed by atoms with E-state index in [9.17, 15) is 27.6 Å². The second-order valence-corrected chi connectivity index (χ2v) is 7.52. The fourth-order valence-corrected chi connectivity index (χ4v) is 3.45. The highest BCUT2D eigenvalue weighted by Crippen LogP contribution is 2.28. The number of nitrogens with zero attached hydrogens (tertiary/aromatic N) is 3. The molecule has 0 amide bonds. The van der Waals surface area contributed by atoms with Crippen molar-refractivity contribution >= 4 is 29.1 Å². The first kappa shape index (κ1) is 22.2. The van der Waals surface area contributed by atoms with E-state index >= 15 is 0 Å². The number of carbonyl (C=O) groups excluding carboxylic acids is 1. The van der Waals surface area contributed by atoms with Gasteiger partial charge < -0.3 is 5.32 Å². The topological polar surface area (TPSA) is 113 Å². The molecule has 3 N–H and O–H groups in total. The van der Waals surface area contributed by atoms with Gasteiger partial charge in [-0.15, -0.1) is 11.8 Å². The Bertz CT molecular complexity index is 936. The molecule has 1 saturated heterocycles. The summed E-state index contributed by atoms with van der Waals surface area (Å²) in [6, 6.07) is 2.82. The van der Waals surface area contributed by atoms with Crippen molar-refractivity contribution < 1.29 is 32.2 Å². The lowest BCUT2D eigenvalue weighted by molar-refractivity contribution is -0.133. The zero-order valence-corrected chi connectivity index (χ0v) is 16.2. The second kappa shape index (κ2) is 9.53. The highest BCUT2D eigenvalue weighted by molar-refractivity contribution is 7.99. The third-order valence-corrected chi connectivity index (χ3v) is 5.38. The number of carbonyl (C=O) groups is 1. The molecule has 162 valence electrons. The van der Waals surface area contributed by atoms with Gasteiger partial charge >= 0.3 is 0 Å². The number of thioether (sulfide) groups is 1. The number of hydroxylamine groups is 1. The maximum atomic E-state index is 13.9. The number of alkyl halides is 3. The summed E-state index contributed by atoms with van der Waals surface area (Å²) < 4.78 is 57.7. The van der Waals surface area contributed by atoms with E-state index in [-0.39, 0.29) is 41.8 Å². The Hall–Kier alpha value is -2.51. The largest absolute Gasteiger partial charge is 0.309 e. The van der Waals surface area contributed by atoms with Crippen molar-refractivity contribution in [2.75, 3.05) is 18.8 Å². The summed E-state index contributed by atoms with van der Waals surface area (Å²) in [5.41, 5.74) is -0.918. The molecule has 1 aromatic carbocycles. The van der Waals surface area contributed by atoms with Gasteiger partial charge in [0.2, 0.25) is 0 Å². The molecule has 0 aliphatic carbocycles. The van der Waals surface area contributed by atoms with Gasteiger partial charge in [0, 0.05) is 25.3 Å². The monoisotopic (exact) mass is 447 g/mol. The summed E-state index contributed by atoms with van der Waals surface area (Å²) >= 11 is 1.13. The summed E-state index contributed by atoms with van der Waals surface area (Å²) in [5.74, 6) is -1.43. The van der Waals surface area contributed by atoms with E-state index < -0.39 is 29.3 Å². The van der Waals surface area contributed by atoms with Gasteiger partial charge in [-0.1, -0.05) is 0 Å². The molecule has 3 rings (SSSR count). The Kier molecular flexibility index (Phi) is 7.05. The van der Waals surface area contributed by atoms with Gasteiger partial charge in [0.15, 0.2) is 28.0 Å². The van der Waals surface area contributed by atoms with E-state index in [0.29, 0.717) is 12.2 Å². The maximum Gasteiger partial charge on any atom is 0.266 e. The van der Waals surface area contributed by atoms with Crippen LogP contribution in [0.3, 0.4) is 0 Å². The first-order valence-electron chi connectivity index (χ1n) is 8.79. The first-order chi connectivity index (χ1) is 14.3. The zero-order chi connectivity index (χ0) is 21.7. The smallest absolute Gasteiger partial charge is 0.266 e. The highest BCUT2D eigenvalue weighted by atomic mass is 32.2. The van der Waals surface area contributed by atoms with E-state index in [1.807, 2.05) is 0 Å². The number of benzene rings is 1. The normalized spacial score (nSPS) is 15.9. The molecule has 0 bridgehead atoms. The number of amidine groups is 1. The minimum absolute atomic E-state index is 0.0121. The Balaban J connectivity index is 1.66. The molecule has 1 aliphatic heterocycles. The molecule has 0 atom stereocenters. The predicted octanol–water partition coefficient (Wildman–Crippen LogP) is 2.96. The third-order valence-electron chi connectivity index (χ3n) is 4.34. The Morgan fingerprint density at radius 1 is 1.40 bits per heavy atom. The average Bonchev–Trinajstić information content (AvgIpc) is 3.16. The van der Waals surface area contributed by atoms with Gasteiger partial charge in [-0.2, -0.15) is 0 Å². The van der Waals surface area contributed by atoms with E-state index in [4.69, 9.17) is 0 Å². The highest BCUT2D eigenvalue weighted by Gasteiger charge is 2.43. The molecule has 1 aliphatic rings. The predicted molar refractivity (Wildman–Crippen MR) is 98.4 cm³/mol. The lowest BCUT2D eigenvalue weighted by atomic mass is 9.91. The standard InChI is InChI=1S/C17H17F4N5O3S/c18-11-4-3-9(6-10(11)14(19)20)23-15(24-28)13-16(26-29-25-13)30-5-1-2-12(27)17(21)7-22-8-17/h3-4,6,14,22,28H,1-2,5,7-8H2,(H,23,24). The number of rotatable bonds is 9. The fraction of sp³-hybridized carbons (Fsp3) is 0.412. The third kappa shape index (κ3) is 4.96. The van der Waals surface area contributed by atoms with Crippen LogP contribution < -0.4 is 10.8 Å². The number of halogens is 4. The molecule has 2 heterocycles. The van der Waals surface area contributed by atoms with Gasteiger partial charge in [-0.3, -0.25) is 15.5 Å². The molecule has 0 unspecified atom stereocenters. The van der Waals surface area contributed by atoms with Crippen LogP contribution in [0.25, 0.3) is 0 Å². The van der Waals surface area contributed by atoms with Crippen LogP contribution >= 0.6 is 11.8 Å². The van der Waals surface area contributed by atoms with Crippen molar-refractivity contribution in [3.05, 3.63) is 35.3 Å². The van der Waals surface area contributed by atoms with Gasteiger partial charge in [0.1, 0.15) is 5.82 Å². The van der Waals surface area contributed by atoms with Gasteiger partial charge in [0.25, 0.3) is 6.43 Å². The maximum absolute atomic E-state index is 13.9. The summed E-state index contributed by atoms with van der Waals surface area (Å²) in [6.07, 6.45) is -2.61. The van der Waals surface area contributed by atoms with Crippen molar-refractivity contribution in [2.45, 2.75) is 30.0 Å². The number of aliphatic imine (C=N–C) groups is 1. The molecule has 2 aromatic rings. The second-order valence-electron chi connectivity index (χ2n) is 6.44. The van der Waals surface area contributed by atoms with Gasteiger partial charge in [-0.25, -0.2) is 27.2 Å². The number of hydrogen-bond donors (Lipinski definition) is 3. The Labute approximate surface area is 172 Å². The lowest BCUT2D eigenvalue weighted by Crippen LogP contribution is -2.61. The molecule has 1 fully saturated rings. The van der Waals surface area contributed by atoms with E-state index in [2.05, 4.69) is 25.3 Å². The first-order valence-corrected chi connectivity index (χ1v) is 9.77.